The maximum absolute atomic E-state index is 11.5. The molecule has 2 aliphatic rings. The molecule has 1 N–H and O–H groups in total. The lowest BCUT2D eigenvalue weighted by Gasteiger charge is -2.31. The summed E-state index contributed by atoms with van der Waals surface area (Å²) in [5.74, 6) is 0.153. The van der Waals surface area contributed by atoms with Crippen molar-refractivity contribution in [2.45, 2.75) is 13.3 Å². The van der Waals surface area contributed by atoms with Gasteiger partial charge in [-0.2, -0.15) is 0 Å². The second kappa shape index (κ2) is 4.18. The van der Waals surface area contributed by atoms with Gasteiger partial charge in [-0.25, -0.2) is 4.79 Å². The van der Waals surface area contributed by atoms with Crippen molar-refractivity contribution in [1.29, 1.82) is 0 Å². The normalized spacial score (nSPS) is 31.9. The third-order valence-corrected chi connectivity index (χ3v) is 2.96. The molecule has 2 heterocycles. The van der Waals surface area contributed by atoms with E-state index in [2.05, 4.69) is 5.32 Å². The van der Waals surface area contributed by atoms with E-state index in [1.807, 2.05) is 6.92 Å². The number of nitrogens with zero attached hydrogens (tertiary/aromatic N) is 1. The summed E-state index contributed by atoms with van der Waals surface area (Å²) in [6, 6.07) is -0.259. The third kappa shape index (κ3) is 2.28. The van der Waals surface area contributed by atoms with Gasteiger partial charge in [-0.05, 0) is 6.42 Å². The highest BCUT2D eigenvalue weighted by atomic mass is 16.5. The first kappa shape index (κ1) is 10.4. The SMILES string of the molecule is CC1CN(CC2CCOC2)C(=O)NC1=O. The molecule has 2 atom stereocenters. The summed E-state index contributed by atoms with van der Waals surface area (Å²) in [5, 5.41) is 2.36. The number of hydrogen-bond acceptors (Lipinski definition) is 3. The molecule has 0 aromatic rings. The van der Waals surface area contributed by atoms with Gasteiger partial charge in [-0.3, -0.25) is 10.1 Å². The van der Waals surface area contributed by atoms with Crippen LogP contribution >= 0.6 is 0 Å². The van der Waals surface area contributed by atoms with E-state index < -0.39 is 0 Å². The van der Waals surface area contributed by atoms with E-state index in [9.17, 15) is 9.59 Å². The van der Waals surface area contributed by atoms with Crippen molar-refractivity contribution in [2.24, 2.45) is 11.8 Å². The fourth-order valence-electron chi connectivity index (χ4n) is 2.00. The Balaban J connectivity index is 1.90. The molecule has 2 fully saturated rings. The Morgan fingerprint density at radius 2 is 2.33 bits per heavy atom. The number of amides is 3. The molecule has 0 saturated carbocycles. The van der Waals surface area contributed by atoms with Crippen molar-refractivity contribution in [1.82, 2.24) is 10.2 Å². The van der Waals surface area contributed by atoms with Gasteiger partial charge in [0.1, 0.15) is 0 Å². The first-order chi connectivity index (χ1) is 7.16. The van der Waals surface area contributed by atoms with Crippen LogP contribution in [0.1, 0.15) is 13.3 Å². The lowest BCUT2D eigenvalue weighted by Crippen LogP contribution is -2.54. The maximum atomic E-state index is 11.5. The molecule has 2 saturated heterocycles. The van der Waals surface area contributed by atoms with E-state index in [1.54, 1.807) is 4.90 Å². The van der Waals surface area contributed by atoms with Crippen LogP contribution in [-0.4, -0.2) is 43.1 Å². The van der Waals surface area contributed by atoms with E-state index in [-0.39, 0.29) is 17.9 Å². The Labute approximate surface area is 88.8 Å². The number of urea groups is 1. The molecule has 2 unspecified atom stereocenters. The molecule has 0 spiro atoms. The van der Waals surface area contributed by atoms with Crippen molar-refractivity contribution < 1.29 is 14.3 Å². The van der Waals surface area contributed by atoms with Gasteiger partial charge in [0.15, 0.2) is 0 Å². The summed E-state index contributed by atoms with van der Waals surface area (Å²) in [5.41, 5.74) is 0. The summed E-state index contributed by atoms with van der Waals surface area (Å²) in [4.78, 5) is 24.4. The van der Waals surface area contributed by atoms with Crippen LogP contribution < -0.4 is 5.32 Å². The number of nitrogens with one attached hydrogen (secondary N) is 1. The Hall–Kier alpha value is -1.10. The largest absolute Gasteiger partial charge is 0.381 e. The zero-order valence-electron chi connectivity index (χ0n) is 8.86. The van der Waals surface area contributed by atoms with Crippen LogP contribution in [0.5, 0.6) is 0 Å². The minimum atomic E-state index is -0.259. The molecule has 2 rings (SSSR count). The fourth-order valence-corrected chi connectivity index (χ4v) is 2.00. The van der Waals surface area contributed by atoms with E-state index >= 15 is 0 Å². The monoisotopic (exact) mass is 212 g/mol. The second-order valence-corrected chi connectivity index (χ2v) is 4.33. The number of hydrogen-bond donors (Lipinski definition) is 1. The average molecular weight is 212 g/mol. The van der Waals surface area contributed by atoms with Gasteiger partial charge in [0, 0.05) is 25.6 Å². The minimum Gasteiger partial charge on any atom is -0.381 e. The highest BCUT2D eigenvalue weighted by Gasteiger charge is 2.31. The zero-order valence-corrected chi connectivity index (χ0v) is 8.86. The Bertz CT molecular complexity index is 274. The summed E-state index contributed by atoms with van der Waals surface area (Å²) in [6.07, 6.45) is 1.01. The fraction of sp³-hybridized carbons (Fsp3) is 0.800. The average Bonchev–Trinajstić information content (AvgIpc) is 2.67. The minimum absolute atomic E-state index is 0.106. The topological polar surface area (TPSA) is 58.6 Å². The van der Waals surface area contributed by atoms with Crippen LogP contribution in [0.15, 0.2) is 0 Å². The van der Waals surface area contributed by atoms with Crippen LogP contribution in [0.2, 0.25) is 0 Å². The summed E-state index contributed by atoms with van der Waals surface area (Å²) < 4.78 is 5.26. The number of imide groups is 1. The number of ether oxygens (including phenoxy) is 1. The second-order valence-electron chi connectivity index (χ2n) is 4.33. The number of rotatable bonds is 2. The molecule has 0 aromatic heterocycles. The smallest absolute Gasteiger partial charge is 0.324 e. The molecule has 2 aliphatic heterocycles. The lowest BCUT2D eigenvalue weighted by atomic mass is 10.1. The van der Waals surface area contributed by atoms with E-state index in [1.165, 1.54) is 0 Å². The van der Waals surface area contributed by atoms with Crippen molar-refractivity contribution in [2.75, 3.05) is 26.3 Å². The molecule has 0 aromatic carbocycles. The van der Waals surface area contributed by atoms with Crippen LogP contribution in [-0.2, 0) is 9.53 Å². The molecule has 3 amide bonds. The van der Waals surface area contributed by atoms with Gasteiger partial charge in [0.2, 0.25) is 5.91 Å². The van der Waals surface area contributed by atoms with Crippen LogP contribution in [0.25, 0.3) is 0 Å². The zero-order chi connectivity index (χ0) is 10.8. The van der Waals surface area contributed by atoms with Gasteiger partial charge in [-0.15, -0.1) is 0 Å². The van der Waals surface area contributed by atoms with Crippen molar-refractivity contribution in [3.05, 3.63) is 0 Å². The molecule has 5 heteroatoms. The van der Waals surface area contributed by atoms with Gasteiger partial charge >= 0.3 is 6.03 Å². The Morgan fingerprint density at radius 1 is 1.53 bits per heavy atom. The van der Waals surface area contributed by atoms with Crippen LogP contribution in [0, 0.1) is 11.8 Å². The molecule has 0 radical (unpaired) electrons. The molecule has 0 aliphatic carbocycles. The molecular weight excluding hydrogens is 196 g/mol. The number of carbonyl (C=O) groups is 2. The number of carbonyl (C=O) groups excluding carboxylic acids is 2. The highest BCUT2D eigenvalue weighted by molar-refractivity contribution is 5.97. The molecule has 15 heavy (non-hydrogen) atoms. The van der Waals surface area contributed by atoms with E-state index in [0.717, 1.165) is 19.6 Å². The molecular formula is C10H16N2O3. The maximum Gasteiger partial charge on any atom is 0.324 e. The van der Waals surface area contributed by atoms with Gasteiger partial charge in [0.25, 0.3) is 0 Å². The Kier molecular flexibility index (Phi) is 2.90. The van der Waals surface area contributed by atoms with Gasteiger partial charge in [0.05, 0.1) is 12.5 Å². The van der Waals surface area contributed by atoms with Crippen molar-refractivity contribution in [3.63, 3.8) is 0 Å². The molecule has 84 valence electrons. The first-order valence-corrected chi connectivity index (χ1v) is 5.34. The summed E-state index contributed by atoms with van der Waals surface area (Å²) in [6.45, 7) is 4.57. The van der Waals surface area contributed by atoms with Crippen LogP contribution in [0.4, 0.5) is 4.79 Å². The van der Waals surface area contributed by atoms with Crippen molar-refractivity contribution >= 4 is 11.9 Å². The van der Waals surface area contributed by atoms with Crippen molar-refractivity contribution in [3.8, 4) is 0 Å². The highest BCUT2D eigenvalue weighted by Crippen LogP contribution is 2.16. The van der Waals surface area contributed by atoms with E-state index in [0.29, 0.717) is 19.0 Å². The first-order valence-electron chi connectivity index (χ1n) is 5.34. The summed E-state index contributed by atoms with van der Waals surface area (Å²) >= 11 is 0. The predicted molar refractivity (Wildman–Crippen MR) is 53.2 cm³/mol. The van der Waals surface area contributed by atoms with Crippen LogP contribution in [0.3, 0.4) is 0 Å². The lowest BCUT2D eigenvalue weighted by molar-refractivity contribution is -0.125. The van der Waals surface area contributed by atoms with E-state index in [4.69, 9.17) is 4.74 Å². The molecule has 5 nitrogen and oxygen atoms in total. The van der Waals surface area contributed by atoms with Gasteiger partial charge < -0.3 is 9.64 Å². The quantitative estimate of drug-likeness (QED) is 0.712. The third-order valence-electron chi connectivity index (χ3n) is 2.96. The Morgan fingerprint density at radius 3 is 3.00 bits per heavy atom. The molecule has 0 bridgehead atoms. The van der Waals surface area contributed by atoms with Gasteiger partial charge in [-0.1, -0.05) is 6.92 Å². The standard InChI is InChI=1S/C10H16N2O3/c1-7-4-12(10(14)11-9(7)13)5-8-2-3-15-6-8/h7-8H,2-6H2,1H3,(H,11,13,14). The summed E-state index contributed by atoms with van der Waals surface area (Å²) in [7, 11) is 0. The predicted octanol–water partition coefficient (Wildman–Crippen LogP) is 0.211.